The van der Waals surface area contributed by atoms with Crippen LogP contribution in [0.2, 0.25) is 0 Å². The fraction of sp³-hybridized carbons (Fsp3) is 0.385. The number of amides is 1. The van der Waals surface area contributed by atoms with Crippen LogP contribution in [0.25, 0.3) is 10.4 Å². The van der Waals surface area contributed by atoms with E-state index < -0.39 is 5.97 Å². The number of rotatable bonds is 4. The first-order valence-electron chi connectivity index (χ1n) is 6.37. The van der Waals surface area contributed by atoms with Crippen molar-refractivity contribution in [1.29, 1.82) is 0 Å². The molecule has 1 aromatic carbocycles. The van der Waals surface area contributed by atoms with E-state index in [0.717, 1.165) is 0 Å². The molecular weight excluding hydrogens is 276 g/mol. The van der Waals surface area contributed by atoms with Crippen molar-refractivity contribution in [3.05, 3.63) is 45.8 Å². The van der Waals surface area contributed by atoms with Gasteiger partial charge in [-0.1, -0.05) is 11.2 Å². The van der Waals surface area contributed by atoms with E-state index in [1.54, 1.807) is 11.0 Å². The Morgan fingerprint density at radius 1 is 1.48 bits per heavy atom. The highest BCUT2D eigenvalue weighted by Gasteiger charge is 2.25. The van der Waals surface area contributed by atoms with Crippen molar-refractivity contribution in [2.45, 2.75) is 6.10 Å². The van der Waals surface area contributed by atoms with E-state index in [9.17, 15) is 9.59 Å². The van der Waals surface area contributed by atoms with Crippen LogP contribution in [0.4, 0.5) is 0 Å². The summed E-state index contributed by atoms with van der Waals surface area (Å²) in [5.74, 6) is -1.33. The lowest BCUT2D eigenvalue weighted by Crippen LogP contribution is -2.46. The minimum Gasteiger partial charge on any atom is -0.478 e. The van der Waals surface area contributed by atoms with E-state index in [4.69, 9.17) is 15.4 Å². The minimum atomic E-state index is -1.08. The van der Waals surface area contributed by atoms with Gasteiger partial charge in [0.2, 0.25) is 0 Å². The molecule has 21 heavy (non-hydrogen) atoms. The molecule has 1 atom stereocenters. The molecule has 1 aromatic rings. The van der Waals surface area contributed by atoms with Crippen molar-refractivity contribution in [2.24, 2.45) is 5.11 Å². The maximum absolute atomic E-state index is 12.4. The summed E-state index contributed by atoms with van der Waals surface area (Å²) in [6.07, 6.45) is -0.332. The smallest absolute Gasteiger partial charge is 0.335 e. The molecule has 1 amide bonds. The highest BCUT2D eigenvalue weighted by atomic mass is 16.5. The van der Waals surface area contributed by atoms with Crippen LogP contribution in [0.5, 0.6) is 0 Å². The van der Waals surface area contributed by atoms with Crippen LogP contribution in [0.1, 0.15) is 20.7 Å². The standard InChI is InChI=1S/C13H14N4O4/c14-16-15-7-11-8-17(4-5-21-11)12(18)9-2-1-3-10(6-9)13(19)20/h1-3,6,11H,4-5,7-8H2,(H,19,20). The van der Waals surface area contributed by atoms with Crippen LogP contribution in [-0.2, 0) is 4.74 Å². The minimum absolute atomic E-state index is 0.0692. The third-order valence-electron chi connectivity index (χ3n) is 3.13. The Labute approximate surface area is 120 Å². The number of hydrogen-bond donors (Lipinski definition) is 1. The topological polar surface area (TPSA) is 116 Å². The molecule has 8 nitrogen and oxygen atoms in total. The van der Waals surface area contributed by atoms with Gasteiger partial charge >= 0.3 is 5.97 Å². The predicted molar refractivity (Wildman–Crippen MR) is 73.1 cm³/mol. The second-order valence-electron chi connectivity index (χ2n) is 4.54. The molecule has 8 heteroatoms. The summed E-state index contributed by atoms with van der Waals surface area (Å²) in [7, 11) is 0. The molecule has 1 saturated heterocycles. The number of nitrogens with zero attached hydrogens (tertiary/aromatic N) is 4. The molecule has 0 aromatic heterocycles. The van der Waals surface area contributed by atoms with Crippen molar-refractivity contribution in [2.75, 3.05) is 26.2 Å². The third-order valence-corrected chi connectivity index (χ3v) is 3.13. The van der Waals surface area contributed by atoms with Crippen LogP contribution in [0.3, 0.4) is 0 Å². The summed E-state index contributed by atoms with van der Waals surface area (Å²) >= 11 is 0. The molecule has 1 aliphatic rings. The summed E-state index contributed by atoms with van der Waals surface area (Å²) in [5.41, 5.74) is 8.69. The number of carboxylic acids is 1. The predicted octanol–water partition coefficient (Wildman–Crippen LogP) is 1.54. The normalized spacial score (nSPS) is 17.9. The van der Waals surface area contributed by atoms with Crippen molar-refractivity contribution in [3.63, 3.8) is 0 Å². The lowest BCUT2D eigenvalue weighted by molar-refractivity contribution is -0.0167. The van der Waals surface area contributed by atoms with Crippen molar-refractivity contribution >= 4 is 11.9 Å². The average Bonchev–Trinajstić information content (AvgIpc) is 2.52. The number of hydrogen-bond acceptors (Lipinski definition) is 4. The molecule has 0 bridgehead atoms. The summed E-state index contributed by atoms with van der Waals surface area (Å²) in [5, 5.41) is 12.4. The number of benzene rings is 1. The fourth-order valence-electron chi connectivity index (χ4n) is 2.11. The molecular formula is C13H14N4O4. The molecule has 1 aliphatic heterocycles. The van der Waals surface area contributed by atoms with Gasteiger partial charge in [-0.3, -0.25) is 4.79 Å². The van der Waals surface area contributed by atoms with Crippen LogP contribution in [0.15, 0.2) is 29.4 Å². The number of aromatic carboxylic acids is 1. The third kappa shape index (κ3) is 3.71. The Morgan fingerprint density at radius 2 is 2.24 bits per heavy atom. The second kappa shape index (κ2) is 6.74. The number of carboxylic acid groups (broad SMARTS) is 1. The van der Waals surface area contributed by atoms with Crippen LogP contribution in [-0.4, -0.2) is 54.2 Å². The van der Waals surface area contributed by atoms with Crippen molar-refractivity contribution < 1.29 is 19.4 Å². The van der Waals surface area contributed by atoms with E-state index in [0.29, 0.717) is 25.3 Å². The number of carbonyl (C=O) groups excluding carboxylic acids is 1. The zero-order valence-electron chi connectivity index (χ0n) is 11.2. The monoisotopic (exact) mass is 290 g/mol. The van der Waals surface area contributed by atoms with Crippen molar-refractivity contribution in [1.82, 2.24) is 4.90 Å². The summed E-state index contributed by atoms with van der Waals surface area (Å²) in [4.78, 5) is 27.5. The number of ether oxygens (including phenoxy) is 1. The quantitative estimate of drug-likeness (QED) is 0.514. The van der Waals surface area contributed by atoms with Gasteiger partial charge in [0, 0.05) is 23.6 Å². The highest BCUT2D eigenvalue weighted by Crippen LogP contribution is 2.13. The maximum Gasteiger partial charge on any atom is 0.335 e. The average molecular weight is 290 g/mol. The number of morpholine rings is 1. The molecule has 1 N–H and O–H groups in total. The molecule has 110 valence electrons. The summed E-state index contributed by atoms with van der Waals surface area (Å²) in [6, 6.07) is 5.90. The zero-order chi connectivity index (χ0) is 15.2. The van der Waals surface area contributed by atoms with Crippen LogP contribution in [0, 0.1) is 0 Å². The van der Waals surface area contributed by atoms with Gasteiger partial charge < -0.3 is 14.7 Å². The number of azide groups is 1. The Hall–Kier alpha value is -2.57. The molecule has 0 aliphatic carbocycles. The largest absolute Gasteiger partial charge is 0.478 e. The molecule has 1 unspecified atom stereocenters. The van der Waals surface area contributed by atoms with E-state index in [1.165, 1.54) is 18.2 Å². The van der Waals surface area contributed by atoms with Gasteiger partial charge in [-0.25, -0.2) is 4.79 Å². The van der Waals surface area contributed by atoms with Gasteiger partial charge in [-0.05, 0) is 23.7 Å². The second-order valence-corrected chi connectivity index (χ2v) is 4.54. The van der Waals surface area contributed by atoms with Gasteiger partial charge in [-0.15, -0.1) is 0 Å². The fourth-order valence-corrected chi connectivity index (χ4v) is 2.11. The first-order valence-corrected chi connectivity index (χ1v) is 6.37. The SMILES string of the molecule is [N-]=[N+]=NCC1CN(C(=O)c2cccc(C(=O)O)c2)CCO1. The molecule has 0 radical (unpaired) electrons. The van der Waals surface area contributed by atoms with Gasteiger partial charge in [0.1, 0.15) is 0 Å². The van der Waals surface area contributed by atoms with Crippen LogP contribution < -0.4 is 0 Å². The first-order chi connectivity index (χ1) is 10.1. The van der Waals surface area contributed by atoms with E-state index >= 15 is 0 Å². The summed E-state index contributed by atoms with van der Waals surface area (Å²) in [6.45, 7) is 1.25. The highest BCUT2D eigenvalue weighted by molar-refractivity contribution is 5.97. The van der Waals surface area contributed by atoms with E-state index in [1.807, 2.05) is 0 Å². The summed E-state index contributed by atoms with van der Waals surface area (Å²) < 4.78 is 5.41. The Balaban J connectivity index is 2.10. The van der Waals surface area contributed by atoms with E-state index in [-0.39, 0.29) is 24.1 Å². The molecule has 0 spiro atoms. The van der Waals surface area contributed by atoms with Crippen molar-refractivity contribution in [3.8, 4) is 0 Å². The van der Waals surface area contributed by atoms with E-state index in [2.05, 4.69) is 10.0 Å². The molecule has 1 heterocycles. The lowest BCUT2D eigenvalue weighted by atomic mass is 10.1. The Kier molecular flexibility index (Phi) is 4.76. The zero-order valence-corrected chi connectivity index (χ0v) is 11.2. The molecule has 1 fully saturated rings. The van der Waals surface area contributed by atoms with Gasteiger partial charge in [0.15, 0.2) is 0 Å². The molecule has 0 saturated carbocycles. The van der Waals surface area contributed by atoms with Gasteiger partial charge in [0.05, 0.1) is 24.8 Å². The Morgan fingerprint density at radius 3 is 2.95 bits per heavy atom. The molecule has 2 rings (SSSR count). The lowest BCUT2D eigenvalue weighted by Gasteiger charge is -2.32. The van der Waals surface area contributed by atoms with Gasteiger partial charge in [-0.2, -0.15) is 0 Å². The van der Waals surface area contributed by atoms with Crippen LogP contribution >= 0.6 is 0 Å². The first kappa shape index (κ1) is 14.8. The maximum atomic E-state index is 12.4. The Bertz CT molecular complexity index is 598. The van der Waals surface area contributed by atoms with Gasteiger partial charge in [0.25, 0.3) is 5.91 Å². The number of carbonyl (C=O) groups is 2.